The number of nitrogens with zero attached hydrogens (tertiary/aromatic N) is 3. The van der Waals surface area contributed by atoms with Crippen LogP contribution in [0.25, 0.3) is 22.3 Å². The molecule has 5 rings (SSSR count). The van der Waals surface area contributed by atoms with E-state index in [1.165, 1.54) is 18.6 Å². The van der Waals surface area contributed by atoms with E-state index in [0.29, 0.717) is 16.7 Å². The second-order valence-electron chi connectivity index (χ2n) is 7.81. The summed E-state index contributed by atoms with van der Waals surface area (Å²) < 4.78 is 5.48. The zero-order valence-electron chi connectivity index (χ0n) is 17.5. The Labute approximate surface area is 189 Å². The Morgan fingerprint density at radius 1 is 0.970 bits per heavy atom. The van der Waals surface area contributed by atoms with Gasteiger partial charge >= 0.3 is 12.1 Å². The van der Waals surface area contributed by atoms with Crippen LogP contribution < -0.4 is 5.32 Å². The van der Waals surface area contributed by atoms with Crippen molar-refractivity contribution in [1.29, 1.82) is 0 Å². The zero-order valence-corrected chi connectivity index (χ0v) is 17.5. The molecule has 0 fully saturated rings. The maximum Gasteiger partial charge on any atom is 0.407 e. The van der Waals surface area contributed by atoms with Crippen LogP contribution in [0.4, 0.5) is 4.79 Å². The van der Waals surface area contributed by atoms with Crippen molar-refractivity contribution in [3.05, 3.63) is 89.9 Å². The van der Waals surface area contributed by atoms with E-state index < -0.39 is 18.1 Å². The number of amides is 1. The maximum absolute atomic E-state index is 12.5. The Hall–Kier alpha value is -4.33. The summed E-state index contributed by atoms with van der Waals surface area (Å²) in [7, 11) is 0. The summed E-state index contributed by atoms with van der Waals surface area (Å²) in [5, 5.41) is 12.1. The summed E-state index contributed by atoms with van der Waals surface area (Å²) in [4.78, 5) is 36.8. The number of fused-ring (bicyclic) bond motifs is 4. The summed E-state index contributed by atoms with van der Waals surface area (Å²) in [6, 6.07) is 16.6. The van der Waals surface area contributed by atoms with Gasteiger partial charge in [0.05, 0.1) is 0 Å². The molecule has 0 radical (unpaired) electrons. The van der Waals surface area contributed by atoms with Gasteiger partial charge in [-0.3, -0.25) is 4.98 Å². The molecule has 8 heteroatoms. The average Bonchev–Trinajstić information content (AvgIpc) is 3.16. The first kappa shape index (κ1) is 20.6. The van der Waals surface area contributed by atoms with Crippen LogP contribution in [0.5, 0.6) is 0 Å². The highest BCUT2D eigenvalue weighted by Gasteiger charge is 2.29. The van der Waals surface area contributed by atoms with E-state index >= 15 is 0 Å². The number of hydrogen-bond donors (Lipinski definition) is 2. The molecule has 8 nitrogen and oxygen atoms in total. The second-order valence-corrected chi connectivity index (χ2v) is 7.81. The molecule has 1 aliphatic carbocycles. The van der Waals surface area contributed by atoms with Crippen molar-refractivity contribution in [3.63, 3.8) is 0 Å². The summed E-state index contributed by atoms with van der Waals surface area (Å²) >= 11 is 0. The van der Waals surface area contributed by atoms with E-state index in [4.69, 9.17) is 4.74 Å². The minimum atomic E-state index is -1.17. The van der Waals surface area contributed by atoms with E-state index in [9.17, 15) is 14.7 Å². The summed E-state index contributed by atoms with van der Waals surface area (Å²) in [6.07, 6.45) is 3.87. The fourth-order valence-corrected chi connectivity index (χ4v) is 4.23. The molecule has 0 aliphatic heterocycles. The van der Waals surface area contributed by atoms with Crippen LogP contribution in [0.15, 0.2) is 73.2 Å². The van der Waals surface area contributed by atoms with Crippen LogP contribution in [-0.4, -0.2) is 44.8 Å². The predicted molar refractivity (Wildman–Crippen MR) is 121 cm³/mol. The molecular formula is C25H20N4O4. The number of carboxylic acid groups (broad SMARTS) is 1. The monoisotopic (exact) mass is 440 g/mol. The van der Waals surface area contributed by atoms with Crippen LogP contribution in [0.3, 0.4) is 0 Å². The van der Waals surface area contributed by atoms with Gasteiger partial charge in [0.1, 0.15) is 18.2 Å². The quantitative estimate of drug-likeness (QED) is 0.471. The molecular weight excluding hydrogens is 420 g/mol. The molecule has 164 valence electrons. The second kappa shape index (κ2) is 8.66. The number of carbonyl (C=O) groups excluding carboxylic acids is 1. The molecule has 2 aromatic heterocycles. The highest BCUT2D eigenvalue weighted by molar-refractivity contribution is 5.81. The molecule has 4 aromatic rings. The minimum absolute atomic E-state index is 0.0407. The summed E-state index contributed by atoms with van der Waals surface area (Å²) in [5.74, 6) is -1.27. The number of benzene rings is 2. The third-order valence-corrected chi connectivity index (χ3v) is 5.75. The molecule has 0 saturated heterocycles. The summed E-state index contributed by atoms with van der Waals surface area (Å²) in [6.45, 7) is 0.110. The van der Waals surface area contributed by atoms with E-state index in [1.807, 2.05) is 36.4 Å². The van der Waals surface area contributed by atoms with Crippen LogP contribution in [0, 0.1) is 0 Å². The third-order valence-electron chi connectivity index (χ3n) is 5.75. The van der Waals surface area contributed by atoms with Gasteiger partial charge in [-0.1, -0.05) is 48.5 Å². The number of hydrogen-bond acceptors (Lipinski definition) is 6. The van der Waals surface area contributed by atoms with Gasteiger partial charge in [-0.25, -0.2) is 19.6 Å². The number of carbonyl (C=O) groups is 2. The van der Waals surface area contributed by atoms with Crippen molar-refractivity contribution >= 4 is 23.2 Å². The van der Waals surface area contributed by atoms with Gasteiger partial charge in [0.25, 0.3) is 0 Å². The molecule has 0 bridgehead atoms. The van der Waals surface area contributed by atoms with Gasteiger partial charge < -0.3 is 15.2 Å². The van der Waals surface area contributed by atoms with Crippen molar-refractivity contribution in [1.82, 2.24) is 20.3 Å². The predicted octanol–water partition coefficient (Wildman–Crippen LogP) is 3.56. The Morgan fingerprint density at radius 2 is 1.64 bits per heavy atom. The lowest BCUT2D eigenvalue weighted by Crippen LogP contribution is -2.42. The largest absolute Gasteiger partial charge is 0.480 e. The molecule has 2 heterocycles. The van der Waals surface area contributed by atoms with Crippen molar-refractivity contribution in [2.45, 2.75) is 18.4 Å². The number of aromatic nitrogens is 3. The number of aliphatic carboxylic acids is 1. The first-order chi connectivity index (χ1) is 16.1. The van der Waals surface area contributed by atoms with Crippen LogP contribution in [-0.2, 0) is 16.0 Å². The average molecular weight is 440 g/mol. The van der Waals surface area contributed by atoms with E-state index in [0.717, 1.165) is 22.3 Å². The number of nitrogens with one attached hydrogen (secondary N) is 1. The molecule has 0 unspecified atom stereocenters. The highest BCUT2D eigenvalue weighted by atomic mass is 16.5. The minimum Gasteiger partial charge on any atom is -0.480 e. The van der Waals surface area contributed by atoms with Gasteiger partial charge in [-0.15, -0.1) is 0 Å². The van der Waals surface area contributed by atoms with E-state index in [1.54, 1.807) is 6.07 Å². The van der Waals surface area contributed by atoms with E-state index in [-0.39, 0.29) is 18.9 Å². The van der Waals surface area contributed by atoms with Gasteiger partial charge in [0.2, 0.25) is 0 Å². The topological polar surface area (TPSA) is 114 Å². The molecule has 1 atom stereocenters. The zero-order chi connectivity index (χ0) is 22.8. The third kappa shape index (κ3) is 4.10. The normalized spacial score (nSPS) is 13.2. The van der Waals surface area contributed by atoms with Crippen molar-refractivity contribution in [2.75, 3.05) is 6.61 Å². The van der Waals surface area contributed by atoms with Crippen molar-refractivity contribution in [2.24, 2.45) is 0 Å². The molecule has 2 N–H and O–H groups in total. The number of alkyl carbamates (subject to hydrolysis) is 1. The first-order valence-corrected chi connectivity index (χ1v) is 10.5. The van der Waals surface area contributed by atoms with Crippen molar-refractivity contribution < 1.29 is 19.4 Å². The van der Waals surface area contributed by atoms with Crippen LogP contribution >= 0.6 is 0 Å². The fraction of sp³-hybridized carbons (Fsp3) is 0.160. The molecule has 1 aliphatic rings. The molecule has 1 amide bonds. The van der Waals surface area contributed by atoms with Gasteiger partial charge in [0, 0.05) is 30.9 Å². The SMILES string of the molecule is O=C(N[C@@H](Cc1cnc2nccnc2c1)C(=O)O)OCC1c2ccccc2-c2ccccc21. The molecule has 2 aromatic carbocycles. The Kier molecular flexibility index (Phi) is 5.40. The summed E-state index contributed by atoms with van der Waals surface area (Å²) in [5.41, 5.74) is 6.07. The highest BCUT2D eigenvalue weighted by Crippen LogP contribution is 2.44. The van der Waals surface area contributed by atoms with E-state index in [2.05, 4.69) is 32.4 Å². The fourth-order valence-electron chi connectivity index (χ4n) is 4.23. The Bertz CT molecular complexity index is 1310. The molecule has 0 saturated carbocycles. The maximum atomic E-state index is 12.5. The van der Waals surface area contributed by atoms with Gasteiger partial charge in [0.15, 0.2) is 5.65 Å². The number of pyridine rings is 1. The smallest absolute Gasteiger partial charge is 0.407 e. The van der Waals surface area contributed by atoms with Crippen molar-refractivity contribution in [3.8, 4) is 11.1 Å². The van der Waals surface area contributed by atoms with Gasteiger partial charge in [-0.05, 0) is 33.9 Å². The Balaban J connectivity index is 1.27. The first-order valence-electron chi connectivity index (χ1n) is 10.5. The molecule has 0 spiro atoms. The standard InChI is InChI=1S/C25H20N4O4/c30-24(31)22(12-15-11-21-23(28-13-15)27-10-9-26-21)29-25(32)33-14-20-18-7-3-1-5-16(18)17-6-2-4-8-19(17)20/h1-11,13,20,22H,12,14H2,(H,29,32)(H,30,31)/t22-/m0/s1. The Morgan fingerprint density at radius 3 is 2.33 bits per heavy atom. The number of ether oxygens (including phenoxy) is 1. The number of carboxylic acids is 1. The molecule has 33 heavy (non-hydrogen) atoms. The lowest BCUT2D eigenvalue weighted by molar-refractivity contribution is -0.139. The van der Waals surface area contributed by atoms with Gasteiger partial charge in [-0.2, -0.15) is 0 Å². The van der Waals surface area contributed by atoms with Crippen LogP contribution in [0.1, 0.15) is 22.6 Å². The number of rotatable bonds is 6. The lowest BCUT2D eigenvalue weighted by Gasteiger charge is -2.17. The van der Waals surface area contributed by atoms with Crippen LogP contribution in [0.2, 0.25) is 0 Å². The lowest BCUT2D eigenvalue weighted by atomic mass is 9.98.